The molecule has 6 nitrogen and oxygen atoms in total. The van der Waals surface area contributed by atoms with Gasteiger partial charge in [-0.25, -0.2) is 0 Å². The van der Waals surface area contributed by atoms with Crippen molar-refractivity contribution in [3.63, 3.8) is 0 Å². The average Bonchev–Trinajstić information content (AvgIpc) is 3.13. The van der Waals surface area contributed by atoms with E-state index < -0.39 is 0 Å². The van der Waals surface area contributed by atoms with Gasteiger partial charge in [0.1, 0.15) is 17.6 Å². The molecule has 1 aliphatic rings. The van der Waals surface area contributed by atoms with Gasteiger partial charge in [0.05, 0.1) is 12.6 Å². The van der Waals surface area contributed by atoms with Crippen molar-refractivity contribution >= 4 is 16.8 Å². The van der Waals surface area contributed by atoms with Gasteiger partial charge >= 0.3 is 0 Å². The Morgan fingerprint density at radius 1 is 1.19 bits per heavy atom. The van der Waals surface area contributed by atoms with E-state index in [4.69, 9.17) is 9.47 Å². The summed E-state index contributed by atoms with van der Waals surface area (Å²) in [4.78, 5) is 14.8. The van der Waals surface area contributed by atoms with E-state index in [1.165, 1.54) is 0 Å². The number of hydrogen-bond donors (Lipinski definition) is 1. The maximum absolute atomic E-state index is 13.0. The third kappa shape index (κ3) is 3.47. The van der Waals surface area contributed by atoms with Crippen molar-refractivity contribution in [1.82, 2.24) is 15.1 Å². The highest BCUT2D eigenvalue weighted by Crippen LogP contribution is 2.26. The Bertz CT molecular complexity index is 958. The van der Waals surface area contributed by atoms with E-state index in [2.05, 4.69) is 10.2 Å². The third-order valence-corrected chi connectivity index (χ3v) is 5.09. The largest absolute Gasteiger partial charge is 0.497 e. The SMILES string of the molecule is COc1ccc2[nH]nc(C(=O)N3CCC(Oc4ccccc4C)CC3)c2c1. The molecule has 0 radical (unpaired) electrons. The maximum atomic E-state index is 13.0. The van der Waals surface area contributed by atoms with E-state index >= 15 is 0 Å². The fourth-order valence-electron chi connectivity index (χ4n) is 3.48. The quantitative estimate of drug-likeness (QED) is 0.768. The number of carbonyl (C=O) groups is 1. The zero-order chi connectivity index (χ0) is 18.8. The number of benzene rings is 2. The monoisotopic (exact) mass is 365 g/mol. The zero-order valence-corrected chi connectivity index (χ0v) is 15.6. The first-order valence-corrected chi connectivity index (χ1v) is 9.19. The fourth-order valence-corrected chi connectivity index (χ4v) is 3.48. The second-order valence-electron chi connectivity index (χ2n) is 6.86. The van der Waals surface area contributed by atoms with E-state index in [0.29, 0.717) is 24.5 Å². The van der Waals surface area contributed by atoms with Gasteiger partial charge in [-0.15, -0.1) is 0 Å². The number of aryl methyl sites for hydroxylation is 1. The van der Waals surface area contributed by atoms with E-state index in [1.54, 1.807) is 7.11 Å². The molecule has 0 spiro atoms. The summed E-state index contributed by atoms with van der Waals surface area (Å²) in [5, 5.41) is 7.96. The first-order valence-electron chi connectivity index (χ1n) is 9.19. The van der Waals surface area contributed by atoms with Gasteiger partial charge in [0.2, 0.25) is 0 Å². The van der Waals surface area contributed by atoms with E-state index in [9.17, 15) is 4.79 Å². The Labute approximate surface area is 158 Å². The summed E-state index contributed by atoms with van der Waals surface area (Å²) in [6.45, 7) is 3.37. The Morgan fingerprint density at radius 2 is 1.96 bits per heavy atom. The number of methoxy groups -OCH3 is 1. The van der Waals surface area contributed by atoms with Crippen LogP contribution in [-0.4, -0.2) is 47.3 Å². The minimum absolute atomic E-state index is 0.0520. The van der Waals surface area contributed by atoms with Gasteiger partial charge in [-0.2, -0.15) is 5.10 Å². The normalized spacial score (nSPS) is 15.1. The summed E-state index contributed by atoms with van der Waals surface area (Å²) >= 11 is 0. The predicted octanol–water partition coefficient (Wildman–Crippen LogP) is 3.56. The van der Waals surface area contributed by atoms with Crippen LogP contribution in [0.3, 0.4) is 0 Å². The molecule has 2 aromatic carbocycles. The molecule has 6 heteroatoms. The number of amides is 1. The van der Waals surface area contributed by atoms with Gasteiger partial charge in [-0.3, -0.25) is 9.89 Å². The van der Waals surface area contributed by atoms with Crippen molar-refractivity contribution in [3.05, 3.63) is 53.7 Å². The number of nitrogens with one attached hydrogen (secondary N) is 1. The Morgan fingerprint density at radius 3 is 2.70 bits per heavy atom. The number of nitrogens with zero attached hydrogens (tertiary/aromatic N) is 2. The lowest BCUT2D eigenvalue weighted by molar-refractivity contribution is 0.0590. The van der Waals surface area contributed by atoms with E-state index in [0.717, 1.165) is 35.1 Å². The highest BCUT2D eigenvalue weighted by Gasteiger charge is 2.27. The molecule has 27 heavy (non-hydrogen) atoms. The predicted molar refractivity (Wildman–Crippen MR) is 103 cm³/mol. The Hall–Kier alpha value is -3.02. The number of aromatic amines is 1. The van der Waals surface area contributed by atoms with Crippen LogP contribution < -0.4 is 9.47 Å². The van der Waals surface area contributed by atoms with Crippen LogP contribution in [0.15, 0.2) is 42.5 Å². The highest BCUT2D eigenvalue weighted by molar-refractivity contribution is 6.05. The molecule has 3 aromatic rings. The minimum Gasteiger partial charge on any atom is -0.497 e. The molecule has 2 heterocycles. The molecule has 1 N–H and O–H groups in total. The third-order valence-electron chi connectivity index (χ3n) is 5.09. The van der Waals surface area contributed by atoms with Gasteiger partial charge in [0.15, 0.2) is 5.69 Å². The van der Waals surface area contributed by atoms with Gasteiger partial charge < -0.3 is 14.4 Å². The van der Waals surface area contributed by atoms with Gasteiger partial charge in [-0.1, -0.05) is 18.2 Å². The number of H-pyrrole nitrogens is 1. The summed E-state index contributed by atoms with van der Waals surface area (Å²) in [6, 6.07) is 13.6. The molecule has 1 fully saturated rings. The summed E-state index contributed by atoms with van der Waals surface area (Å²) in [5.74, 6) is 1.58. The highest BCUT2D eigenvalue weighted by atomic mass is 16.5. The second-order valence-corrected chi connectivity index (χ2v) is 6.86. The van der Waals surface area contributed by atoms with Crippen molar-refractivity contribution in [3.8, 4) is 11.5 Å². The lowest BCUT2D eigenvalue weighted by Crippen LogP contribution is -2.42. The standard InChI is InChI=1S/C21H23N3O3/c1-14-5-3-4-6-19(14)27-15-9-11-24(12-10-15)21(25)20-17-13-16(26-2)7-8-18(17)22-23-20/h3-8,13,15H,9-12H2,1-2H3,(H,22,23). The molecule has 4 rings (SSSR count). The topological polar surface area (TPSA) is 67.5 Å². The Kier molecular flexibility index (Phi) is 4.71. The molecule has 0 bridgehead atoms. The summed E-state index contributed by atoms with van der Waals surface area (Å²) in [7, 11) is 1.61. The van der Waals surface area contributed by atoms with Crippen molar-refractivity contribution in [1.29, 1.82) is 0 Å². The first kappa shape index (κ1) is 17.4. The van der Waals surface area contributed by atoms with Crippen molar-refractivity contribution < 1.29 is 14.3 Å². The fraction of sp³-hybridized carbons (Fsp3) is 0.333. The number of piperidine rings is 1. The Balaban J connectivity index is 1.44. The van der Waals surface area contributed by atoms with Crippen LogP contribution in [0.5, 0.6) is 11.5 Å². The zero-order valence-electron chi connectivity index (χ0n) is 15.6. The number of aromatic nitrogens is 2. The number of carbonyl (C=O) groups excluding carboxylic acids is 1. The van der Waals surface area contributed by atoms with E-state index in [1.807, 2.05) is 54.3 Å². The number of hydrogen-bond acceptors (Lipinski definition) is 4. The molecule has 1 amide bonds. The second kappa shape index (κ2) is 7.31. The van der Waals surface area contributed by atoms with Crippen LogP contribution in [0.2, 0.25) is 0 Å². The van der Waals surface area contributed by atoms with E-state index in [-0.39, 0.29) is 12.0 Å². The van der Waals surface area contributed by atoms with Crippen LogP contribution in [0.25, 0.3) is 10.9 Å². The molecule has 0 aliphatic carbocycles. The molecular weight excluding hydrogens is 342 g/mol. The molecule has 1 saturated heterocycles. The van der Waals surface area contributed by atoms with Gasteiger partial charge in [-0.05, 0) is 36.8 Å². The van der Waals surface area contributed by atoms with Crippen LogP contribution >= 0.6 is 0 Å². The van der Waals surface area contributed by atoms with Crippen LogP contribution in [0, 0.1) is 6.92 Å². The maximum Gasteiger partial charge on any atom is 0.274 e. The molecule has 0 saturated carbocycles. The average molecular weight is 365 g/mol. The number of para-hydroxylation sites is 1. The van der Waals surface area contributed by atoms with Crippen molar-refractivity contribution in [2.75, 3.05) is 20.2 Å². The number of rotatable bonds is 4. The van der Waals surface area contributed by atoms with Crippen LogP contribution in [0.4, 0.5) is 0 Å². The smallest absolute Gasteiger partial charge is 0.274 e. The van der Waals surface area contributed by atoms with Crippen molar-refractivity contribution in [2.24, 2.45) is 0 Å². The minimum atomic E-state index is -0.0520. The lowest BCUT2D eigenvalue weighted by Gasteiger charge is -2.32. The summed E-state index contributed by atoms with van der Waals surface area (Å²) in [5.41, 5.74) is 2.41. The van der Waals surface area contributed by atoms with Crippen LogP contribution in [0.1, 0.15) is 28.9 Å². The molecule has 0 atom stereocenters. The first-order chi connectivity index (χ1) is 13.2. The van der Waals surface area contributed by atoms with Gasteiger partial charge in [0.25, 0.3) is 5.91 Å². The lowest BCUT2D eigenvalue weighted by atomic mass is 10.1. The molecule has 1 aromatic heterocycles. The number of likely N-dealkylation sites (tertiary alicyclic amines) is 1. The summed E-state index contributed by atoms with van der Waals surface area (Å²) < 4.78 is 11.4. The van der Waals surface area contributed by atoms with Crippen molar-refractivity contribution in [2.45, 2.75) is 25.9 Å². The molecular formula is C21H23N3O3. The van der Waals surface area contributed by atoms with Gasteiger partial charge in [0, 0.05) is 31.3 Å². The van der Waals surface area contributed by atoms with Crippen LogP contribution in [-0.2, 0) is 0 Å². The number of ether oxygens (including phenoxy) is 2. The number of fused-ring (bicyclic) bond motifs is 1. The summed E-state index contributed by atoms with van der Waals surface area (Å²) in [6.07, 6.45) is 1.75. The molecule has 0 unspecified atom stereocenters. The molecule has 1 aliphatic heterocycles. The molecule has 140 valence electrons.